The number of aromatic nitrogens is 1. The maximum Gasteiger partial charge on any atom is 0.512 e. The van der Waals surface area contributed by atoms with Crippen LogP contribution in [-0.4, -0.2) is 22.9 Å². The molecule has 3 aromatic rings. The molecule has 0 bridgehead atoms. The molecule has 29 heavy (non-hydrogen) atoms. The summed E-state index contributed by atoms with van der Waals surface area (Å²) in [5.74, 6) is 0.307. The Hall–Kier alpha value is -2.76. The smallest absolute Gasteiger partial charge is 0.449 e. The number of methoxy groups -OCH3 is 1. The molecule has 1 aliphatic rings. The zero-order valence-corrected chi connectivity index (χ0v) is 17.2. The van der Waals surface area contributed by atoms with Gasteiger partial charge in [0.05, 0.1) is 11.3 Å². The molecule has 0 spiro atoms. The van der Waals surface area contributed by atoms with Gasteiger partial charge in [-0.25, -0.2) is 4.79 Å². The number of ether oxygens (including phenoxy) is 2. The minimum Gasteiger partial charge on any atom is -0.449 e. The van der Waals surface area contributed by atoms with E-state index in [-0.39, 0.29) is 11.5 Å². The summed E-state index contributed by atoms with van der Waals surface area (Å²) in [7, 11) is 1.68. The Kier molecular flexibility index (Phi) is 4.89. The van der Waals surface area contributed by atoms with Crippen molar-refractivity contribution in [1.82, 2.24) is 4.57 Å². The van der Waals surface area contributed by atoms with Crippen molar-refractivity contribution in [3.63, 3.8) is 0 Å². The first-order valence-electron chi connectivity index (χ1n) is 9.35. The van der Waals surface area contributed by atoms with Crippen molar-refractivity contribution in [3.05, 3.63) is 65.3 Å². The van der Waals surface area contributed by atoms with Gasteiger partial charge >= 0.3 is 6.16 Å². The molecule has 2 heterocycles. The van der Waals surface area contributed by atoms with Crippen LogP contribution in [-0.2, 0) is 11.3 Å². The Morgan fingerprint density at radius 2 is 1.69 bits per heavy atom. The van der Waals surface area contributed by atoms with Crippen molar-refractivity contribution in [2.45, 2.75) is 26.5 Å². The maximum absolute atomic E-state index is 11.6. The number of hydrogen-bond acceptors (Lipinski definition) is 3. The molecule has 150 valence electrons. The van der Waals surface area contributed by atoms with Crippen molar-refractivity contribution >= 4 is 17.8 Å². The Bertz CT molecular complexity index is 1050. The number of nitrogens with zero attached hydrogens (tertiary/aromatic N) is 1. The number of rotatable bonds is 4. The molecular formula is C23H22ClNO4. The lowest BCUT2D eigenvalue weighted by atomic mass is 9.84. The Morgan fingerprint density at radius 3 is 2.28 bits per heavy atom. The van der Waals surface area contributed by atoms with Gasteiger partial charge in [-0.1, -0.05) is 67.9 Å². The number of fused-ring (bicyclic) bond motifs is 1. The highest BCUT2D eigenvalue weighted by Crippen LogP contribution is 2.55. The minimum absolute atomic E-state index is 0.213. The molecule has 1 atom stereocenters. The van der Waals surface area contributed by atoms with E-state index in [0.29, 0.717) is 17.4 Å². The molecule has 1 aliphatic heterocycles. The van der Waals surface area contributed by atoms with Crippen molar-refractivity contribution in [2.75, 3.05) is 7.11 Å². The van der Waals surface area contributed by atoms with E-state index in [1.54, 1.807) is 19.2 Å². The average molecular weight is 412 g/mol. The third-order valence-corrected chi connectivity index (χ3v) is 5.65. The quantitative estimate of drug-likeness (QED) is 0.514. The monoisotopic (exact) mass is 411 g/mol. The van der Waals surface area contributed by atoms with Crippen LogP contribution < -0.4 is 4.74 Å². The summed E-state index contributed by atoms with van der Waals surface area (Å²) < 4.78 is 13.2. The Balaban J connectivity index is 2.09. The van der Waals surface area contributed by atoms with Crippen molar-refractivity contribution in [2.24, 2.45) is 5.41 Å². The summed E-state index contributed by atoms with van der Waals surface area (Å²) in [5.41, 5.74) is 4.15. The standard InChI is InChI=1S/C23H22ClNO4/c1-23(2)13-25-19(20(23)28-3)17(14-7-5-4-6-8-14)18(21(25)29-22(26)27)15-9-11-16(24)12-10-15/h4-12,20H,13H2,1-3H3,(H,26,27). The third-order valence-electron chi connectivity index (χ3n) is 5.39. The van der Waals surface area contributed by atoms with Crippen LogP contribution in [0.15, 0.2) is 54.6 Å². The molecule has 0 radical (unpaired) electrons. The summed E-state index contributed by atoms with van der Waals surface area (Å²) >= 11 is 6.09. The van der Waals surface area contributed by atoms with Crippen LogP contribution in [0.25, 0.3) is 22.3 Å². The van der Waals surface area contributed by atoms with Gasteiger partial charge in [-0.2, -0.15) is 0 Å². The van der Waals surface area contributed by atoms with Gasteiger partial charge in [0.2, 0.25) is 5.88 Å². The highest BCUT2D eigenvalue weighted by atomic mass is 35.5. The van der Waals surface area contributed by atoms with Crippen LogP contribution in [0.4, 0.5) is 4.79 Å². The average Bonchev–Trinajstić information content (AvgIpc) is 3.11. The zero-order chi connectivity index (χ0) is 20.8. The fourth-order valence-corrected chi connectivity index (χ4v) is 4.43. The lowest BCUT2D eigenvalue weighted by Gasteiger charge is -2.26. The molecule has 0 saturated heterocycles. The van der Waals surface area contributed by atoms with Crippen molar-refractivity contribution < 1.29 is 19.4 Å². The zero-order valence-electron chi connectivity index (χ0n) is 16.5. The fraction of sp³-hybridized carbons (Fsp3) is 0.261. The number of benzene rings is 2. The molecule has 4 rings (SSSR count). The van der Waals surface area contributed by atoms with Crippen LogP contribution in [0.2, 0.25) is 5.02 Å². The Morgan fingerprint density at radius 1 is 1.07 bits per heavy atom. The van der Waals surface area contributed by atoms with Gasteiger partial charge in [0.15, 0.2) is 0 Å². The van der Waals surface area contributed by atoms with Gasteiger partial charge in [-0.15, -0.1) is 0 Å². The summed E-state index contributed by atoms with van der Waals surface area (Å²) in [6, 6.07) is 17.2. The molecular weight excluding hydrogens is 390 g/mol. The summed E-state index contributed by atoms with van der Waals surface area (Å²) in [6.45, 7) is 4.79. The Labute approximate surface area is 174 Å². The van der Waals surface area contributed by atoms with Crippen molar-refractivity contribution in [1.29, 1.82) is 0 Å². The third kappa shape index (κ3) is 3.30. The molecule has 0 saturated carbocycles. The van der Waals surface area contributed by atoms with E-state index >= 15 is 0 Å². The molecule has 0 amide bonds. The fourth-order valence-electron chi connectivity index (χ4n) is 4.31. The van der Waals surface area contributed by atoms with Crippen LogP contribution in [0.3, 0.4) is 0 Å². The van der Waals surface area contributed by atoms with Gasteiger partial charge in [-0.05, 0) is 23.3 Å². The molecule has 0 aliphatic carbocycles. The number of hydrogen-bond donors (Lipinski definition) is 1. The van der Waals surface area contributed by atoms with Crippen LogP contribution in [0.5, 0.6) is 5.88 Å². The number of carbonyl (C=O) groups is 1. The van der Waals surface area contributed by atoms with Crippen LogP contribution >= 0.6 is 11.6 Å². The molecule has 1 unspecified atom stereocenters. The second-order valence-electron chi connectivity index (χ2n) is 7.87. The summed E-state index contributed by atoms with van der Waals surface area (Å²) in [4.78, 5) is 11.6. The number of carboxylic acid groups (broad SMARTS) is 1. The van der Waals surface area contributed by atoms with Gasteiger partial charge < -0.3 is 19.1 Å². The molecule has 2 aromatic carbocycles. The van der Waals surface area contributed by atoms with E-state index in [9.17, 15) is 9.90 Å². The van der Waals surface area contributed by atoms with E-state index in [0.717, 1.165) is 27.9 Å². The topological polar surface area (TPSA) is 60.7 Å². The lowest BCUT2D eigenvalue weighted by Crippen LogP contribution is -2.20. The molecule has 0 fully saturated rings. The highest BCUT2D eigenvalue weighted by Gasteiger charge is 2.45. The van der Waals surface area contributed by atoms with E-state index in [4.69, 9.17) is 21.1 Å². The second kappa shape index (κ2) is 7.25. The molecule has 1 N–H and O–H groups in total. The maximum atomic E-state index is 11.6. The van der Waals surface area contributed by atoms with Gasteiger partial charge in [0, 0.05) is 29.7 Å². The van der Waals surface area contributed by atoms with Gasteiger partial charge in [0.25, 0.3) is 0 Å². The highest BCUT2D eigenvalue weighted by molar-refractivity contribution is 6.30. The SMILES string of the molecule is COC1c2c(-c3ccccc3)c(-c3ccc(Cl)cc3)c(OC(=O)O)n2CC1(C)C. The first kappa shape index (κ1) is 19.6. The van der Waals surface area contributed by atoms with Gasteiger partial charge in [-0.3, -0.25) is 0 Å². The molecule has 6 heteroatoms. The first-order valence-corrected chi connectivity index (χ1v) is 9.72. The minimum atomic E-state index is -1.35. The second-order valence-corrected chi connectivity index (χ2v) is 8.31. The lowest BCUT2D eigenvalue weighted by molar-refractivity contribution is 0.0184. The largest absolute Gasteiger partial charge is 0.512 e. The van der Waals surface area contributed by atoms with E-state index in [1.165, 1.54) is 0 Å². The van der Waals surface area contributed by atoms with Crippen LogP contribution in [0, 0.1) is 5.41 Å². The van der Waals surface area contributed by atoms with Gasteiger partial charge in [0.1, 0.15) is 6.10 Å². The predicted molar refractivity (Wildman–Crippen MR) is 112 cm³/mol. The predicted octanol–water partition coefficient (Wildman–Crippen LogP) is 6.26. The number of halogens is 1. The van der Waals surface area contributed by atoms with E-state index in [1.807, 2.05) is 47.0 Å². The summed E-state index contributed by atoms with van der Waals surface area (Å²) in [5, 5.41) is 10.1. The molecule has 5 nitrogen and oxygen atoms in total. The first-order chi connectivity index (χ1) is 13.8. The van der Waals surface area contributed by atoms with Crippen molar-refractivity contribution in [3.8, 4) is 28.1 Å². The van der Waals surface area contributed by atoms with E-state index in [2.05, 4.69) is 13.8 Å². The molecule has 1 aromatic heterocycles. The normalized spacial score (nSPS) is 17.2. The van der Waals surface area contributed by atoms with Crippen LogP contribution in [0.1, 0.15) is 25.6 Å². The summed E-state index contributed by atoms with van der Waals surface area (Å²) in [6.07, 6.45) is -1.56. The van der Waals surface area contributed by atoms with E-state index < -0.39 is 6.16 Å².